The van der Waals surface area contributed by atoms with Crippen LogP contribution in [-0.4, -0.2) is 71.1 Å². The minimum atomic E-state index is -3.06. The number of nitrogens with one attached hydrogen (secondary N) is 1. The van der Waals surface area contributed by atoms with Crippen molar-refractivity contribution >= 4 is 21.4 Å². The highest BCUT2D eigenvalue weighted by Crippen LogP contribution is 2.23. The second-order valence-electron chi connectivity index (χ2n) is 6.77. The van der Waals surface area contributed by atoms with Gasteiger partial charge in [0.2, 0.25) is 0 Å². The molecule has 8 nitrogen and oxygen atoms in total. The first-order valence-electron chi connectivity index (χ1n) is 8.30. The van der Waals surface area contributed by atoms with Crippen molar-refractivity contribution in [3.8, 4) is 0 Å². The molecule has 0 spiro atoms. The topological polar surface area (TPSA) is 92.0 Å². The highest BCUT2D eigenvalue weighted by molar-refractivity contribution is 7.92. The first-order valence-corrected chi connectivity index (χ1v) is 9.96. The molecule has 1 N–H and O–H groups in total. The maximum absolute atomic E-state index is 12.1. The number of nitrogens with zero attached hydrogens (tertiary/aromatic N) is 5. The van der Waals surface area contributed by atoms with E-state index in [0.717, 1.165) is 17.4 Å². The van der Waals surface area contributed by atoms with Crippen LogP contribution in [0.2, 0.25) is 0 Å². The fraction of sp³-hybridized carbons (Fsp3) is 0.562. The van der Waals surface area contributed by atoms with Gasteiger partial charge in [-0.1, -0.05) is 6.07 Å². The lowest BCUT2D eigenvalue weighted by molar-refractivity contribution is 0.353. The van der Waals surface area contributed by atoms with Gasteiger partial charge in [0.1, 0.15) is 5.82 Å². The molecule has 0 radical (unpaired) electrons. The maximum atomic E-state index is 12.1. The molecule has 3 rings (SSSR count). The van der Waals surface area contributed by atoms with Crippen LogP contribution < -0.4 is 5.32 Å². The molecule has 25 heavy (non-hydrogen) atoms. The van der Waals surface area contributed by atoms with Crippen molar-refractivity contribution in [3.63, 3.8) is 0 Å². The van der Waals surface area contributed by atoms with Crippen LogP contribution in [0.4, 0.5) is 0 Å². The summed E-state index contributed by atoms with van der Waals surface area (Å²) in [6.07, 6.45) is 2.64. The van der Waals surface area contributed by atoms with Gasteiger partial charge in [-0.3, -0.25) is 9.39 Å². The molecule has 1 aliphatic heterocycles. The van der Waals surface area contributed by atoms with Crippen molar-refractivity contribution in [2.75, 3.05) is 32.4 Å². The van der Waals surface area contributed by atoms with Crippen LogP contribution in [0.15, 0.2) is 29.4 Å². The Kier molecular flexibility index (Phi) is 4.68. The summed E-state index contributed by atoms with van der Waals surface area (Å²) in [4.78, 5) is 6.30. The first kappa shape index (κ1) is 17.7. The Morgan fingerprint density at radius 3 is 2.88 bits per heavy atom. The summed E-state index contributed by atoms with van der Waals surface area (Å²) in [6, 6.07) is 5.79. The SMILES string of the molecule is CN=C(NCCc1nnc2ccccn12)N1CCS(=O)(=O)C(C)(C)C1. The molecule has 2 aromatic heterocycles. The fourth-order valence-electron chi connectivity index (χ4n) is 3.00. The Morgan fingerprint density at radius 2 is 2.16 bits per heavy atom. The molecule has 0 aromatic carbocycles. The molecule has 0 bridgehead atoms. The van der Waals surface area contributed by atoms with Gasteiger partial charge in [-0.2, -0.15) is 0 Å². The van der Waals surface area contributed by atoms with Gasteiger partial charge >= 0.3 is 0 Å². The average Bonchev–Trinajstić information content (AvgIpc) is 2.98. The highest BCUT2D eigenvalue weighted by Gasteiger charge is 2.40. The van der Waals surface area contributed by atoms with E-state index >= 15 is 0 Å². The van der Waals surface area contributed by atoms with E-state index < -0.39 is 14.6 Å². The van der Waals surface area contributed by atoms with Crippen LogP contribution in [0.5, 0.6) is 0 Å². The van der Waals surface area contributed by atoms with E-state index in [-0.39, 0.29) is 5.75 Å². The number of aliphatic imine (C=N–C) groups is 1. The van der Waals surface area contributed by atoms with E-state index in [0.29, 0.717) is 26.1 Å². The molecule has 0 atom stereocenters. The van der Waals surface area contributed by atoms with Crippen molar-refractivity contribution in [1.29, 1.82) is 0 Å². The third-order valence-electron chi connectivity index (χ3n) is 4.57. The molecule has 0 saturated carbocycles. The third-order valence-corrected chi connectivity index (χ3v) is 7.10. The lowest BCUT2D eigenvalue weighted by Gasteiger charge is -2.39. The van der Waals surface area contributed by atoms with E-state index in [2.05, 4.69) is 20.5 Å². The van der Waals surface area contributed by atoms with E-state index in [1.165, 1.54) is 0 Å². The zero-order valence-corrected chi connectivity index (χ0v) is 15.6. The molecule has 1 aliphatic rings. The standard InChI is InChI=1S/C16H24N6O2S/c1-16(2)12-21(10-11-25(16,23)24)15(17-3)18-8-7-14-20-19-13-6-4-5-9-22(13)14/h4-6,9H,7-8,10-12H2,1-3H3,(H,17,18). The smallest absolute Gasteiger partial charge is 0.193 e. The molecule has 0 aliphatic carbocycles. The number of fused-ring (bicyclic) bond motifs is 1. The zero-order valence-electron chi connectivity index (χ0n) is 14.8. The summed E-state index contributed by atoms with van der Waals surface area (Å²) >= 11 is 0. The molecule has 136 valence electrons. The maximum Gasteiger partial charge on any atom is 0.193 e. The number of aromatic nitrogens is 3. The molecule has 0 unspecified atom stereocenters. The summed E-state index contributed by atoms with van der Waals surface area (Å²) in [5.41, 5.74) is 0.824. The van der Waals surface area contributed by atoms with Gasteiger partial charge in [-0.15, -0.1) is 10.2 Å². The number of guanidine groups is 1. The number of sulfone groups is 1. The van der Waals surface area contributed by atoms with E-state index in [1.54, 1.807) is 20.9 Å². The van der Waals surface area contributed by atoms with Gasteiger partial charge < -0.3 is 10.2 Å². The van der Waals surface area contributed by atoms with Gasteiger partial charge in [-0.25, -0.2) is 8.42 Å². The van der Waals surface area contributed by atoms with Gasteiger partial charge in [0, 0.05) is 39.3 Å². The van der Waals surface area contributed by atoms with Gasteiger partial charge in [0.25, 0.3) is 0 Å². The zero-order chi connectivity index (χ0) is 18.1. The Balaban J connectivity index is 1.62. The number of hydrogen-bond acceptors (Lipinski definition) is 5. The van der Waals surface area contributed by atoms with Gasteiger partial charge in [0.15, 0.2) is 21.4 Å². The van der Waals surface area contributed by atoms with Gasteiger partial charge in [0.05, 0.1) is 10.5 Å². The lowest BCUT2D eigenvalue weighted by Crippen LogP contribution is -2.57. The Morgan fingerprint density at radius 1 is 1.36 bits per heavy atom. The van der Waals surface area contributed by atoms with Gasteiger partial charge in [-0.05, 0) is 26.0 Å². The third kappa shape index (κ3) is 3.46. The summed E-state index contributed by atoms with van der Waals surface area (Å²) in [5, 5.41) is 11.7. The highest BCUT2D eigenvalue weighted by atomic mass is 32.2. The average molecular weight is 364 g/mol. The van der Waals surface area contributed by atoms with Crippen LogP contribution in [0.25, 0.3) is 5.65 Å². The molecule has 2 aromatic rings. The summed E-state index contributed by atoms with van der Waals surface area (Å²) in [5.74, 6) is 1.74. The number of hydrogen-bond donors (Lipinski definition) is 1. The summed E-state index contributed by atoms with van der Waals surface area (Å²) in [6.45, 7) is 5.07. The van der Waals surface area contributed by atoms with Crippen molar-refractivity contribution in [3.05, 3.63) is 30.2 Å². The first-order chi connectivity index (χ1) is 11.8. The van der Waals surface area contributed by atoms with E-state index in [9.17, 15) is 8.42 Å². The molecule has 1 saturated heterocycles. The van der Waals surface area contributed by atoms with E-state index in [1.807, 2.05) is 33.7 Å². The van der Waals surface area contributed by atoms with Crippen molar-refractivity contribution < 1.29 is 8.42 Å². The molecule has 3 heterocycles. The number of rotatable bonds is 3. The van der Waals surface area contributed by atoms with Crippen LogP contribution in [-0.2, 0) is 16.3 Å². The molecule has 0 amide bonds. The minimum Gasteiger partial charge on any atom is -0.356 e. The van der Waals surface area contributed by atoms with Crippen molar-refractivity contribution in [2.24, 2.45) is 4.99 Å². The number of pyridine rings is 1. The second kappa shape index (κ2) is 6.62. The predicted molar refractivity (Wildman–Crippen MR) is 97.5 cm³/mol. The molecular formula is C16H24N6O2S. The minimum absolute atomic E-state index is 0.148. The Labute approximate surface area is 147 Å². The fourth-order valence-corrected chi connectivity index (χ4v) is 4.37. The second-order valence-corrected chi connectivity index (χ2v) is 9.51. The normalized spacial score (nSPS) is 20.0. The van der Waals surface area contributed by atoms with E-state index in [4.69, 9.17) is 0 Å². The van der Waals surface area contributed by atoms with Crippen LogP contribution >= 0.6 is 0 Å². The monoisotopic (exact) mass is 364 g/mol. The molecular weight excluding hydrogens is 340 g/mol. The summed E-state index contributed by atoms with van der Waals surface area (Å²) in [7, 11) is -1.35. The van der Waals surface area contributed by atoms with Crippen molar-refractivity contribution in [1.82, 2.24) is 24.8 Å². The Bertz CT molecular complexity index is 887. The quantitative estimate of drug-likeness (QED) is 0.624. The summed E-state index contributed by atoms with van der Waals surface area (Å²) < 4.78 is 25.5. The molecule has 9 heteroatoms. The van der Waals surface area contributed by atoms with Crippen LogP contribution in [0.3, 0.4) is 0 Å². The van der Waals surface area contributed by atoms with Crippen LogP contribution in [0.1, 0.15) is 19.7 Å². The largest absolute Gasteiger partial charge is 0.356 e. The van der Waals surface area contributed by atoms with Crippen molar-refractivity contribution in [2.45, 2.75) is 25.0 Å². The predicted octanol–water partition coefficient (Wildman–Crippen LogP) is 0.356. The van der Waals surface area contributed by atoms with Crippen LogP contribution in [0, 0.1) is 0 Å². The Hall–Kier alpha value is -2.16. The lowest BCUT2D eigenvalue weighted by atomic mass is 10.2. The molecule has 1 fully saturated rings.